The summed E-state index contributed by atoms with van der Waals surface area (Å²) in [6.07, 6.45) is 2.39. The van der Waals surface area contributed by atoms with Gasteiger partial charge in [0.1, 0.15) is 0 Å². The molecular formula is C23H39N3O3. The maximum Gasteiger partial charge on any atom is 0.191 e. The van der Waals surface area contributed by atoms with Gasteiger partial charge in [0.15, 0.2) is 5.96 Å². The van der Waals surface area contributed by atoms with Crippen LogP contribution in [0.1, 0.15) is 51.7 Å². The first kappa shape index (κ1) is 23.6. The number of nitrogens with one attached hydrogen (secondary N) is 2. The Morgan fingerprint density at radius 3 is 2.59 bits per heavy atom. The monoisotopic (exact) mass is 405 g/mol. The van der Waals surface area contributed by atoms with Gasteiger partial charge in [-0.25, -0.2) is 4.99 Å². The second kappa shape index (κ2) is 12.2. The van der Waals surface area contributed by atoms with Crippen LogP contribution in [0.4, 0.5) is 0 Å². The summed E-state index contributed by atoms with van der Waals surface area (Å²) in [5, 5.41) is 6.72. The van der Waals surface area contributed by atoms with Gasteiger partial charge in [-0.05, 0) is 36.3 Å². The van der Waals surface area contributed by atoms with E-state index in [0.717, 1.165) is 38.6 Å². The molecule has 1 unspecified atom stereocenters. The average molecular weight is 406 g/mol. The van der Waals surface area contributed by atoms with Crippen LogP contribution < -0.4 is 10.6 Å². The molecule has 0 saturated carbocycles. The molecule has 1 saturated heterocycles. The molecule has 0 amide bonds. The van der Waals surface area contributed by atoms with E-state index in [4.69, 9.17) is 19.2 Å². The molecule has 2 N–H and O–H groups in total. The topological polar surface area (TPSA) is 64.1 Å². The van der Waals surface area contributed by atoms with E-state index in [-0.39, 0.29) is 11.5 Å². The molecule has 0 spiro atoms. The normalized spacial score (nSPS) is 17.2. The Morgan fingerprint density at radius 1 is 1.21 bits per heavy atom. The Balaban J connectivity index is 1.90. The number of nitrogens with zero attached hydrogens (tertiary/aromatic N) is 1. The fraction of sp³-hybridized carbons (Fsp3) is 0.696. The Hall–Kier alpha value is -1.63. The van der Waals surface area contributed by atoms with E-state index in [0.29, 0.717) is 25.8 Å². The molecular weight excluding hydrogens is 366 g/mol. The maximum atomic E-state index is 6.04. The van der Waals surface area contributed by atoms with Crippen LogP contribution in [-0.4, -0.2) is 51.6 Å². The first-order valence-electron chi connectivity index (χ1n) is 10.7. The van der Waals surface area contributed by atoms with Crippen LogP contribution in [0.15, 0.2) is 29.3 Å². The van der Waals surface area contributed by atoms with Crippen molar-refractivity contribution in [3.63, 3.8) is 0 Å². The molecule has 6 heteroatoms. The Bertz CT molecular complexity index is 622. The number of methoxy groups -OCH3 is 1. The van der Waals surface area contributed by atoms with Gasteiger partial charge in [-0.15, -0.1) is 0 Å². The highest BCUT2D eigenvalue weighted by Crippen LogP contribution is 2.21. The lowest BCUT2D eigenvalue weighted by Gasteiger charge is -2.30. The van der Waals surface area contributed by atoms with Crippen LogP contribution in [-0.2, 0) is 27.4 Å². The molecule has 1 aliphatic heterocycles. The number of aliphatic imine (C=N–C) groups is 1. The molecule has 0 radical (unpaired) electrons. The van der Waals surface area contributed by atoms with E-state index in [1.54, 1.807) is 7.11 Å². The molecule has 6 nitrogen and oxygen atoms in total. The van der Waals surface area contributed by atoms with Gasteiger partial charge >= 0.3 is 0 Å². The van der Waals surface area contributed by atoms with Crippen molar-refractivity contribution in [1.82, 2.24) is 10.6 Å². The molecule has 0 bridgehead atoms. The first-order valence-corrected chi connectivity index (χ1v) is 10.7. The Kier molecular flexibility index (Phi) is 9.91. The summed E-state index contributed by atoms with van der Waals surface area (Å²) in [5.41, 5.74) is 2.43. The molecule has 1 aliphatic rings. The van der Waals surface area contributed by atoms with E-state index in [1.807, 2.05) is 0 Å². The van der Waals surface area contributed by atoms with Crippen LogP contribution in [0.3, 0.4) is 0 Å². The summed E-state index contributed by atoms with van der Waals surface area (Å²) < 4.78 is 17.1. The van der Waals surface area contributed by atoms with Gasteiger partial charge in [-0.3, -0.25) is 0 Å². The number of hydrogen-bond acceptors (Lipinski definition) is 4. The number of guanidine groups is 1. The summed E-state index contributed by atoms with van der Waals surface area (Å²) in [6.45, 7) is 13.0. The molecule has 1 aromatic rings. The second-order valence-electron chi connectivity index (χ2n) is 8.61. The zero-order valence-electron chi connectivity index (χ0n) is 18.8. The van der Waals surface area contributed by atoms with E-state index >= 15 is 0 Å². The van der Waals surface area contributed by atoms with Crippen LogP contribution >= 0.6 is 0 Å². The third kappa shape index (κ3) is 8.72. The fourth-order valence-corrected chi connectivity index (χ4v) is 3.32. The van der Waals surface area contributed by atoms with Crippen molar-refractivity contribution in [1.29, 1.82) is 0 Å². The average Bonchev–Trinajstić information content (AvgIpc) is 2.71. The van der Waals surface area contributed by atoms with E-state index in [9.17, 15) is 0 Å². The minimum atomic E-state index is 0.0673. The van der Waals surface area contributed by atoms with Crippen molar-refractivity contribution in [3.8, 4) is 0 Å². The van der Waals surface area contributed by atoms with E-state index in [1.165, 1.54) is 11.1 Å². The van der Waals surface area contributed by atoms with Crippen LogP contribution in [0.25, 0.3) is 0 Å². The number of hydrogen-bond donors (Lipinski definition) is 2. The van der Waals surface area contributed by atoms with Crippen molar-refractivity contribution in [2.75, 3.05) is 33.4 Å². The highest BCUT2D eigenvalue weighted by Gasteiger charge is 2.24. The first-order chi connectivity index (χ1) is 13.9. The SMILES string of the molecule is CCNC(=NCc1cccc(COC2CCOCC2)c1)NCC(OC)C(C)(C)C. The van der Waals surface area contributed by atoms with Crippen LogP contribution in [0.5, 0.6) is 0 Å². The molecule has 0 aromatic heterocycles. The molecule has 164 valence electrons. The van der Waals surface area contributed by atoms with Gasteiger partial charge in [-0.1, -0.05) is 45.0 Å². The predicted molar refractivity (Wildman–Crippen MR) is 118 cm³/mol. The fourth-order valence-electron chi connectivity index (χ4n) is 3.32. The molecule has 2 rings (SSSR count). The number of ether oxygens (including phenoxy) is 3. The lowest BCUT2D eigenvalue weighted by Crippen LogP contribution is -2.45. The molecule has 0 aliphatic carbocycles. The van der Waals surface area contributed by atoms with Crippen molar-refractivity contribution in [2.24, 2.45) is 10.4 Å². The van der Waals surface area contributed by atoms with Gasteiger partial charge in [0.05, 0.1) is 25.4 Å². The minimum Gasteiger partial charge on any atom is -0.381 e. The van der Waals surface area contributed by atoms with Crippen LogP contribution in [0, 0.1) is 5.41 Å². The van der Waals surface area contributed by atoms with Gasteiger partial charge in [-0.2, -0.15) is 0 Å². The van der Waals surface area contributed by atoms with Gasteiger partial charge in [0.25, 0.3) is 0 Å². The largest absolute Gasteiger partial charge is 0.381 e. The maximum absolute atomic E-state index is 6.04. The lowest BCUT2D eigenvalue weighted by molar-refractivity contribution is -0.0390. The smallest absolute Gasteiger partial charge is 0.191 e. The highest BCUT2D eigenvalue weighted by atomic mass is 16.5. The highest BCUT2D eigenvalue weighted by molar-refractivity contribution is 5.79. The summed E-state index contributed by atoms with van der Waals surface area (Å²) >= 11 is 0. The number of rotatable bonds is 9. The third-order valence-electron chi connectivity index (χ3n) is 5.11. The van der Waals surface area contributed by atoms with Crippen molar-refractivity contribution in [2.45, 2.75) is 65.9 Å². The standard InChI is InChI=1S/C23H39N3O3/c1-6-24-22(26-16-21(27-5)23(2,3)4)25-15-18-8-7-9-19(14-18)17-29-20-10-12-28-13-11-20/h7-9,14,20-21H,6,10-13,15-17H2,1-5H3,(H2,24,25,26). The lowest BCUT2D eigenvalue weighted by atomic mass is 9.89. The summed E-state index contributed by atoms with van der Waals surface area (Å²) in [6, 6.07) is 8.48. The Labute approximate surface area is 176 Å². The minimum absolute atomic E-state index is 0.0673. The second-order valence-corrected chi connectivity index (χ2v) is 8.61. The van der Waals surface area contributed by atoms with Gasteiger partial charge in [0.2, 0.25) is 0 Å². The van der Waals surface area contributed by atoms with E-state index in [2.05, 4.69) is 62.6 Å². The van der Waals surface area contributed by atoms with Crippen molar-refractivity contribution in [3.05, 3.63) is 35.4 Å². The van der Waals surface area contributed by atoms with Gasteiger partial charge in [0, 0.05) is 33.4 Å². The zero-order valence-corrected chi connectivity index (χ0v) is 18.8. The third-order valence-corrected chi connectivity index (χ3v) is 5.11. The van der Waals surface area contributed by atoms with Crippen LogP contribution in [0.2, 0.25) is 0 Å². The van der Waals surface area contributed by atoms with Gasteiger partial charge < -0.3 is 24.8 Å². The molecule has 1 aromatic carbocycles. The molecule has 1 atom stereocenters. The molecule has 1 fully saturated rings. The quantitative estimate of drug-likeness (QED) is 0.486. The summed E-state index contributed by atoms with van der Waals surface area (Å²) in [5.74, 6) is 0.808. The summed E-state index contributed by atoms with van der Waals surface area (Å²) in [4.78, 5) is 4.74. The van der Waals surface area contributed by atoms with E-state index < -0.39 is 0 Å². The molecule has 29 heavy (non-hydrogen) atoms. The Morgan fingerprint density at radius 2 is 1.93 bits per heavy atom. The zero-order chi connectivity index (χ0) is 21.1. The predicted octanol–water partition coefficient (Wildman–Crippen LogP) is 3.50. The molecule has 1 heterocycles. The summed E-state index contributed by atoms with van der Waals surface area (Å²) in [7, 11) is 1.76. The van der Waals surface area contributed by atoms with Crippen molar-refractivity contribution < 1.29 is 14.2 Å². The number of benzene rings is 1. The van der Waals surface area contributed by atoms with Crippen molar-refractivity contribution >= 4 is 5.96 Å².